The van der Waals surface area contributed by atoms with E-state index in [0.717, 1.165) is 5.56 Å². The van der Waals surface area contributed by atoms with Crippen molar-refractivity contribution in [1.82, 2.24) is 0 Å². The molecule has 1 unspecified atom stereocenters. The molecule has 4 N–H and O–H groups in total. The van der Waals surface area contributed by atoms with Crippen molar-refractivity contribution in [3.63, 3.8) is 0 Å². The lowest BCUT2D eigenvalue weighted by atomic mass is 10.1. The van der Waals surface area contributed by atoms with E-state index in [1.807, 2.05) is 12.1 Å². The standard InChI is InChI=1S/C11H15NO3S/c12-11(16)5-8-1-3-10(4-2-8)15-7-9(14)6-13/h1-4,9,13-14H,5-7H2,(H2,12,16). The van der Waals surface area contributed by atoms with E-state index in [-0.39, 0.29) is 13.2 Å². The Hall–Kier alpha value is -1.17. The maximum Gasteiger partial charge on any atom is 0.119 e. The molecule has 0 fully saturated rings. The summed E-state index contributed by atoms with van der Waals surface area (Å²) >= 11 is 4.80. The third kappa shape index (κ3) is 4.57. The van der Waals surface area contributed by atoms with Crippen molar-refractivity contribution in [2.24, 2.45) is 5.73 Å². The maximum absolute atomic E-state index is 9.08. The number of hydrogen-bond donors (Lipinski definition) is 3. The fourth-order valence-corrected chi connectivity index (χ4v) is 1.32. The van der Waals surface area contributed by atoms with Crippen LogP contribution in [0.3, 0.4) is 0 Å². The number of rotatable bonds is 6. The van der Waals surface area contributed by atoms with Crippen molar-refractivity contribution >= 4 is 17.2 Å². The van der Waals surface area contributed by atoms with Crippen molar-refractivity contribution in [2.75, 3.05) is 13.2 Å². The SMILES string of the molecule is NC(=S)Cc1ccc(OCC(O)CO)cc1. The summed E-state index contributed by atoms with van der Waals surface area (Å²) in [5.41, 5.74) is 6.43. The summed E-state index contributed by atoms with van der Waals surface area (Å²) in [5.74, 6) is 0.638. The van der Waals surface area contributed by atoms with Crippen molar-refractivity contribution in [3.05, 3.63) is 29.8 Å². The Balaban J connectivity index is 2.48. The molecule has 4 nitrogen and oxygen atoms in total. The molecule has 0 heterocycles. The summed E-state index contributed by atoms with van der Waals surface area (Å²) in [5, 5.41) is 17.7. The summed E-state index contributed by atoms with van der Waals surface area (Å²) in [6, 6.07) is 7.27. The van der Waals surface area contributed by atoms with Gasteiger partial charge < -0.3 is 20.7 Å². The lowest BCUT2D eigenvalue weighted by Crippen LogP contribution is -2.21. The van der Waals surface area contributed by atoms with Crippen LogP contribution in [0.4, 0.5) is 0 Å². The van der Waals surface area contributed by atoms with Crippen molar-refractivity contribution in [3.8, 4) is 5.75 Å². The molecule has 1 rings (SSSR count). The predicted octanol–water partition coefficient (Wildman–Crippen LogP) is 0.247. The molecule has 88 valence electrons. The van der Waals surface area contributed by atoms with Gasteiger partial charge in [0.2, 0.25) is 0 Å². The topological polar surface area (TPSA) is 75.7 Å². The summed E-state index contributed by atoms with van der Waals surface area (Å²) < 4.78 is 5.24. The quantitative estimate of drug-likeness (QED) is 0.622. The Morgan fingerprint density at radius 2 is 2.00 bits per heavy atom. The highest BCUT2D eigenvalue weighted by molar-refractivity contribution is 7.80. The molecule has 1 atom stereocenters. The molecule has 5 heteroatoms. The van der Waals surface area contributed by atoms with Gasteiger partial charge >= 0.3 is 0 Å². The fraction of sp³-hybridized carbons (Fsp3) is 0.364. The van der Waals surface area contributed by atoms with Gasteiger partial charge in [-0.25, -0.2) is 0 Å². The van der Waals surface area contributed by atoms with Gasteiger partial charge in [0, 0.05) is 6.42 Å². The molecule has 0 bridgehead atoms. The lowest BCUT2D eigenvalue weighted by Gasteiger charge is -2.10. The van der Waals surface area contributed by atoms with E-state index >= 15 is 0 Å². The predicted molar refractivity (Wildman–Crippen MR) is 65.5 cm³/mol. The van der Waals surface area contributed by atoms with Gasteiger partial charge in [0.15, 0.2) is 0 Å². The summed E-state index contributed by atoms with van der Waals surface area (Å²) in [4.78, 5) is 0.448. The zero-order chi connectivity index (χ0) is 12.0. The average Bonchev–Trinajstić information content (AvgIpc) is 2.27. The van der Waals surface area contributed by atoms with Gasteiger partial charge in [-0.1, -0.05) is 24.4 Å². The maximum atomic E-state index is 9.08. The first-order valence-electron chi connectivity index (χ1n) is 4.90. The molecular weight excluding hydrogens is 226 g/mol. The van der Waals surface area contributed by atoms with E-state index in [9.17, 15) is 0 Å². The van der Waals surface area contributed by atoms with Gasteiger partial charge in [-0.15, -0.1) is 0 Å². The normalized spacial score (nSPS) is 12.1. The Bertz CT molecular complexity index is 340. The van der Waals surface area contributed by atoms with Gasteiger partial charge in [-0.2, -0.15) is 0 Å². The van der Waals surface area contributed by atoms with E-state index in [0.29, 0.717) is 17.2 Å². The molecule has 0 saturated carbocycles. The molecule has 0 amide bonds. The molecule has 0 spiro atoms. The van der Waals surface area contributed by atoms with Crippen LogP contribution in [-0.4, -0.2) is 34.5 Å². The largest absolute Gasteiger partial charge is 0.491 e. The van der Waals surface area contributed by atoms with E-state index in [1.54, 1.807) is 12.1 Å². The molecule has 0 saturated heterocycles. The van der Waals surface area contributed by atoms with Crippen molar-refractivity contribution in [1.29, 1.82) is 0 Å². The first-order chi connectivity index (χ1) is 7.61. The summed E-state index contributed by atoms with van der Waals surface area (Å²) in [7, 11) is 0. The van der Waals surface area contributed by atoms with Crippen molar-refractivity contribution in [2.45, 2.75) is 12.5 Å². The van der Waals surface area contributed by atoms with Crippen LogP contribution in [-0.2, 0) is 6.42 Å². The van der Waals surface area contributed by atoms with Gasteiger partial charge in [0.05, 0.1) is 11.6 Å². The Morgan fingerprint density at radius 3 is 2.50 bits per heavy atom. The monoisotopic (exact) mass is 241 g/mol. The molecule has 1 aromatic rings. The second kappa shape index (κ2) is 6.42. The Labute approximate surface area is 99.7 Å². The van der Waals surface area contributed by atoms with E-state index in [4.69, 9.17) is 32.9 Å². The van der Waals surface area contributed by atoms with Gasteiger partial charge in [0.25, 0.3) is 0 Å². The number of benzene rings is 1. The Morgan fingerprint density at radius 1 is 1.38 bits per heavy atom. The lowest BCUT2D eigenvalue weighted by molar-refractivity contribution is 0.0536. The van der Waals surface area contributed by atoms with Crippen LogP contribution >= 0.6 is 12.2 Å². The molecule has 0 aromatic heterocycles. The number of aliphatic hydroxyl groups is 2. The molecular formula is C11H15NO3S. The number of aliphatic hydroxyl groups excluding tert-OH is 2. The van der Waals surface area contributed by atoms with Crippen molar-refractivity contribution < 1.29 is 14.9 Å². The van der Waals surface area contributed by atoms with Crippen LogP contribution in [0.2, 0.25) is 0 Å². The minimum Gasteiger partial charge on any atom is -0.491 e. The minimum absolute atomic E-state index is 0.0746. The third-order valence-electron chi connectivity index (χ3n) is 1.95. The van der Waals surface area contributed by atoms with Crippen LogP contribution in [0.15, 0.2) is 24.3 Å². The number of hydrogen-bond acceptors (Lipinski definition) is 4. The van der Waals surface area contributed by atoms with Crippen LogP contribution < -0.4 is 10.5 Å². The minimum atomic E-state index is -0.851. The third-order valence-corrected chi connectivity index (χ3v) is 2.10. The highest BCUT2D eigenvalue weighted by Crippen LogP contribution is 2.12. The average molecular weight is 241 g/mol. The van der Waals surface area contributed by atoms with Gasteiger partial charge in [0.1, 0.15) is 18.5 Å². The smallest absolute Gasteiger partial charge is 0.119 e. The highest BCUT2D eigenvalue weighted by atomic mass is 32.1. The second-order valence-electron chi connectivity index (χ2n) is 3.43. The van der Waals surface area contributed by atoms with Crippen LogP contribution in [0.1, 0.15) is 5.56 Å². The molecule has 0 aliphatic heterocycles. The molecule has 1 aromatic carbocycles. The van der Waals surface area contributed by atoms with Crippen LogP contribution in [0.25, 0.3) is 0 Å². The van der Waals surface area contributed by atoms with Crippen LogP contribution in [0, 0.1) is 0 Å². The molecule has 0 aliphatic carbocycles. The van der Waals surface area contributed by atoms with E-state index in [1.165, 1.54) is 0 Å². The number of nitrogens with two attached hydrogens (primary N) is 1. The number of ether oxygens (including phenoxy) is 1. The van der Waals surface area contributed by atoms with Gasteiger partial charge in [-0.05, 0) is 17.7 Å². The van der Waals surface area contributed by atoms with Gasteiger partial charge in [-0.3, -0.25) is 0 Å². The fourth-order valence-electron chi connectivity index (χ4n) is 1.15. The zero-order valence-corrected chi connectivity index (χ0v) is 9.61. The highest BCUT2D eigenvalue weighted by Gasteiger charge is 2.03. The Kier molecular flexibility index (Phi) is 5.18. The van der Waals surface area contributed by atoms with E-state index in [2.05, 4.69) is 0 Å². The first-order valence-corrected chi connectivity index (χ1v) is 5.31. The van der Waals surface area contributed by atoms with E-state index < -0.39 is 6.10 Å². The molecule has 0 aliphatic rings. The second-order valence-corrected chi connectivity index (χ2v) is 3.96. The zero-order valence-electron chi connectivity index (χ0n) is 8.80. The molecule has 0 radical (unpaired) electrons. The molecule has 16 heavy (non-hydrogen) atoms. The first kappa shape index (κ1) is 12.9. The summed E-state index contributed by atoms with van der Waals surface area (Å²) in [6.07, 6.45) is -0.286. The summed E-state index contributed by atoms with van der Waals surface area (Å²) in [6.45, 7) is -0.231. The van der Waals surface area contributed by atoms with Crippen LogP contribution in [0.5, 0.6) is 5.75 Å². The number of thiocarbonyl (C=S) groups is 1.